The van der Waals surface area contributed by atoms with Crippen molar-refractivity contribution in [1.29, 1.82) is 0 Å². The number of carboxylic acids is 1. The van der Waals surface area contributed by atoms with Crippen LogP contribution in [0.15, 0.2) is 35.5 Å². The first-order valence-electron chi connectivity index (χ1n) is 7.03. The lowest BCUT2D eigenvalue weighted by atomic mass is 10.1. The van der Waals surface area contributed by atoms with Crippen LogP contribution in [0.25, 0.3) is 0 Å². The van der Waals surface area contributed by atoms with Crippen LogP contribution >= 0.6 is 0 Å². The van der Waals surface area contributed by atoms with Gasteiger partial charge in [-0.1, -0.05) is 12.1 Å². The van der Waals surface area contributed by atoms with Crippen molar-refractivity contribution in [2.45, 2.75) is 6.42 Å². The number of hydrogen-bond donors (Lipinski definition) is 1. The quantitative estimate of drug-likeness (QED) is 0.785. The molecular weight excluding hydrogens is 318 g/mol. The lowest BCUT2D eigenvalue weighted by Crippen LogP contribution is -2.38. The number of carboxylic acid groups (broad SMARTS) is 1. The number of carbonyl (C=O) groups is 3. The van der Waals surface area contributed by atoms with Crippen molar-refractivity contribution < 1.29 is 33.7 Å². The van der Waals surface area contributed by atoms with E-state index in [1.165, 1.54) is 19.1 Å². The molecule has 0 amide bonds. The summed E-state index contributed by atoms with van der Waals surface area (Å²) in [6.07, 6.45) is -0.107. The van der Waals surface area contributed by atoms with Gasteiger partial charge in [-0.25, -0.2) is 9.59 Å². The second-order valence-electron chi connectivity index (χ2n) is 4.95. The van der Waals surface area contributed by atoms with E-state index in [9.17, 15) is 14.4 Å². The molecule has 8 nitrogen and oxygen atoms in total. The number of aliphatic carboxylic acids is 1. The van der Waals surface area contributed by atoms with Gasteiger partial charge in [0.25, 0.3) is 0 Å². The third-order valence-corrected chi connectivity index (χ3v) is 3.44. The summed E-state index contributed by atoms with van der Waals surface area (Å²) in [5.41, 5.74) is 1.28. The first kappa shape index (κ1) is 17.5. The molecule has 1 aromatic carbocycles. The number of ether oxygens (including phenoxy) is 3. The smallest absolute Gasteiger partial charge is 0.355 e. The maximum atomic E-state index is 12.1. The van der Waals surface area contributed by atoms with Crippen LogP contribution in [0.3, 0.4) is 0 Å². The lowest BCUT2D eigenvalue weighted by Gasteiger charge is -2.31. The number of esters is 2. The monoisotopic (exact) mass is 335 g/mol. The number of benzene rings is 1. The minimum atomic E-state index is -0.938. The number of rotatable bonds is 5. The minimum absolute atomic E-state index is 0.0431. The fraction of sp³-hybridized carbons (Fsp3) is 0.312. The second kappa shape index (κ2) is 7.60. The topological polar surface area (TPSA) is 102 Å². The fourth-order valence-corrected chi connectivity index (χ4v) is 2.32. The maximum Gasteiger partial charge on any atom is 0.355 e. The highest BCUT2D eigenvalue weighted by Gasteiger charge is 2.32. The zero-order chi connectivity index (χ0) is 17.7. The highest BCUT2D eigenvalue weighted by Crippen LogP contribution is 2.27. The Hall–Kier alpha value is -2.87. The first-order chi connectivity index (χ1) is 11.5. The molecule has 8 heteroatoms. The van der Waals surface area contributed by atoms with E-state index < -0.39 is 17.9 Å². The van der Waals surface area contributed by atoms with Gasteiger partial charge >= 0.3 is 17.9 Å². The Morgan fingerprint density at radius 1 is 1.12 bits per heavy atom. The highest BCUT2D eigenvalue weighted by atomic mass is 16.5. The van der Waals surface area contributed by atoms with Gasteiger partial charge in [0.1, 0.15) is 12.4 Å². The predicted molar refractivity (Wildman–Crippen MR) is 82.1 cm³/mol. The summed E-state index contributed by atoms with van der Waals surface area (Å²) in [5, 5.41) is 8.80. The zero-order valence-corrected chi connectivity index (χ0v) is 13.3. The Labute approximate surface area is 138 Å². The van der Waals surface area contributed by atoms with Crippen molar-refractivity contribution in [3.63, 3.8) is 0 Å². The Bertz CT molecular complexity index is 678. The average Bonchev–Trinajstić information content (AvgIpc) is 2.60. The van der Waals surface area contributed by atoms with Gasteiger partial charge in [-0.2, -0.15) is 0 Å². The maximum absolute atomic E-state index is 12.1. The largest absolute Gasteiger partial charge is 0.481 e. The van der Waals surface area contributed by atoms with Crippen LogP contribution in [0.1, 0.15) is 5.56 Å². The van der Waals surface area contributed by atoms with Crippen molar-refractivity contribution in [2.24, 2.45) is 0 Å². The van der Waals surface area contributed by atoms with Gasteiger partial charge in [0, 0.05) is 5.69 Å². The molecule has 1 aliphatic heterocycles. The highest BCUT2D eigenvalue weighted by molar-refractivity contribution is 6.03. The molecule has 0 fully saturated rings. The van der Waals surface area contributed by atoms with Crippen LogP contribution in [-0.2, 0) is 35.0 Å². The normalized spacial score (nSPS) is 14.3. The summed E-state index contributed by atoms with van der Waals surface area (Å²) in [7, 11) is 2.43. The van der Waals surface area contributed by atoms with Gasteiger partial charge in [-0.15, -0.1) is 0 Å². The minimum Gasteiger partial charge on any atom is -0.481 e. The van der Waals surface area contributed by atoms with Crippen molar-refractivity contribution in [1.82, 2.24) is 0 Å². The molecule has 0 bridgehead atoms. The Balaban J connectivity index is 2.41. The molecule has 1 N–H and O–H groups in total. The van der Waals surface area contributed by atoms with Gasteiger partial charge < -0.3 is 24.2 Å². The summed E-state index contributed by atoms with van der Waals surface area (Å²) >= 11 is 0. The zero-order valence-electron chi connectivity index (χ0n) is 13.3. The SMILES string of the molecule is COC(=O)C1=C(C(=O)OC)N(c2ccc(CC(=O)O)cc2)COC1. The molecule has 2 rings (SSSR count). The van der Waals surface area contributed by atoms with Crippen molar-refractivity contribution >= 4 is 23.6 Å². The second-order valence-corrected chi connectivity index (χ2v) is 4.95. The van der Waals surface area contributed by atoms with E-state index in [2.05, 4.69) is 4.74 Å². The van der Waals surface area contributed by atoms with Crippen LogP contribution in [0.5, 0.6) is 0 Å². The fourth-order valence-electron chi connectivity index (χ4n) is 2.32. The predicted octanol–water partition coefficient (Wildman–Crippen LogP) is 0.708. The molecule has 0 saturated heterocycles. The summed E-state index contributed by atoms with van der Waals surface area (Å²) in [6, 6.07) is 6.55. The first-order valence-corrected chi connectivity index (χ1v) is 7.03. The number of carbonyl (C=O) groups excluding carboxylic acids is 2. The molecule has 1 aromatic rings. The van der Waals surface area contributed by atoms with Crippen molar-refractivity contribution in [3.8, 4) is 0 Å². The van der Waals surface area contributed by atoms with Crippen LogP contribution in [0, 0.1) is 0 Å². The van der Waals surface area contributed by atoms with E-state index in [0.29, 0.717) is 11.3 Å². The molecular formula is C16H17NO7. The average molecular weight is 335 g/mol. The summed E-state index contributed by atoms with van der Waals surface area (Å²) in [4.78, 5) is 36.2. The third-order valence-electron chi connectivity index (χ3n) is 3.44. The van der Waals surface area contributed by atoms with Crippen LogP contribution < -0.4 is 4.90 Å². The van der Waals surface area contributed by atoms with E-state index in [0.717, 1.165) is 0 Å². The third kappa shape index (κ3) is 3.72. The van der Waals surface area contributed by atoms with Crippen LogP contribution in [-0.4, -0.2) is 50.6 Å². The van der Waals surface area contributed by atoms with Crippen molar-refractivity contribution in [3.05, 3.63) is 41.1 Å². The molecule has 1 aliphatic rings. The molecule has 0 spiro atoms. The molecule has 128 valence electrons. The van der Waals surface area contributed by atoms with Crippen LogP contribution in [0.2, 0.25) is 0 Å². The summed E-state index contributed by atoms with van der Waals surface area (Å²) in [6.45, 7) is -0.0199. The van der Waals surface area contributed by atoms with Crippen LogP contribution in [0.4, 0.5) is 5.69 Å². The van der Waals surface area contributed by atoms with Gasteiger partial charge in [0.05, 0.1) is 32.8 Å². The molecule has 0 atom stereocenters. The van der Waals surface area contributed by atoms with Gasteiger partial charge in [-0.3, -0.25) is 4.79 Å². The van der Waals surface area contributed by atoms with Gasteiger partial charge in [0.2, 0.25) is 0 Å². The van der Waals surface area contributed by atoms with Crippen molar-refractivity contribution in [2.75, 3.05) is 32.5 Å². The molecule has 0 aliphatic carbocycles. The number of methoxy groups -OCH3 is 2. The Morgan fingerprint density at radius 3 is 2.29 bits per heavy atom. The van der Waals surface area contributed by atoms with E-state index >= 15 is 0 Å². The van der Waals surface area contributed by atoms with E-state index in [4.69, 9.17) is 14.6 Å². The molecule has 1 heterocycles. The molecule has 0 radical (unpaired) electrons. The van der Waals surface area contributed by atoms with Gasteiger partial charge in [0.15, 0.2) is 0 Å². The number of nitrogens with zero attached hydrogens (tertiary/aromatic N) is 1. The van der Waals surface area contributed by atoms with E-state index in [1.807, 2.05) is 0 Å². The Morgan fingerprint density at radius 2 is 1.75 bits per heavy atom. The molecule has 0 saturated carbocycles. The van der Waals surface area contributed by atoms with E-state index in [1.54, 1.807) is 24.3 Å². The number of anilines is 1. The lowest BCUT2D eigenvalue weighted by molar-refractivity contribution is -0.140. The van der Waals surface area contributed by atoms with E-state index in [-0.39, 0.29) is 31.0 Å². The summed E-state index contributed by atoms with van der Waals surface area (Å²) in [5.74, 6) is -2.30. The summed E-state index contributed by atoms with van der Waals surface area (Å²) < 4.78 is 14.8. The molecule has 0 unspecified atom stereocenters. The Kier molecular flexibility index (Phi) is 5.54. The number of hydrogen-bond acceptors (Lipinski definition) is 7. The van der Waals surface area contributed by atoms with Gasteiger partial charge in [-0.05, 0) is 17.7 Å². The molecule has 24 heavy (non-hydrogen) atoms. The standard InChI is InChI=1S/C16H17NO7/c1-22-15(20)12-8-24-9-17(14(12)16(21)23-2)11-5-3-10(4-6-11)7-13(18)19/h3-6H,7-9H2,1-2H3,(H,18,19). The molecule has 0 aromatic heterocycles.